The van der Waals surface area contributed by atoms with Crippen molar-refractivity contribution in [2.24, 2.45) is 5.73 Å². The van der Waals surface area contributed by atoms with Crippen LogP contribution in [0.5, 0.6) is 0 Å². The fourth-order valence-electron chi connectivity index (χ4n) is 1.54. The SMILES string of the molecule is NC(=O)C1(Nc2cccc(F)c2)CNC1. The molecule has 0 unspecified atom stereocenters. The van der Waals surface area contributed by atoms with Gasteiger partial charge < -0.3 is 16.4 Å². The number of anilines is 1. The Hall–Kier alpha value is -1.62. The Balaban J connectivity index is 2.17. The third-order valence-electron chi connectivity index (χ3n) is 2.53. The van der Waals surface area contributed by atoms with Crippen LogP contribution in [-0.4, -0.2) is 24.5 Å². The Morgan fingerprint density at radius 1 is 1.53 bits per heavy atom. The van der Waals surface area contributed by atoms with Crippen molar-refractivity contribution >= 4 is 11.6 Å². The summed E-state index contributed by atoms with van der Waals surface area (Å²) in [6.07, 6.45) is 0. The average molecular weight is 209 g/mol. The van der Waals surface area contributed by atoms with Crippen LogP contribution < -0.4 is 16.4 Å². The first-order chi connectivity index (χ1) is 7.12. The molecular formula is C10H12FN3O. The molecule has 0 atom stereocenters. The predicted octanol–water partition coefficient (Wildman–Crippen LogP) is 0.0649. The molecule has 1 heterocycles. The molecule has 0 radical (unpaired) electrons. The van der Waals surface area contributed by atoms with Crippen LogP contribution in [0.1, 0.15) is 0 Å². The minimum atomic E-state index is -0.770. The fraction of sp³-hybridized carbons (Fsp3) is 0.300. The van der Waals surface area contributed by atoms with E-state index in [2.05, 4.69) is 10.6 Å². The molecule has 0 aromatic heterocycles. The Labute approximate surface area is 86.7 Å². The van der Waals surface area contributed by atoms with E-state index in [4.69, 9.17) is 5.73 Å². The van der Waals surface area contributed by atoms with E-state index in [0.29, 0.717) is 18.8 Å². The van der Waals surface area contributed by atoms with Crippen molar-refractivity contribution in [1.82, 2.24) is 5.32 Å². The van der Waals surface area contributed by atoms with Gasteiger partial charge in [0.25, 0.3) is 0 Å². The third kappa shape index (κ3) is 1.78. The molecule has 0 saturated carbocycles. The lowest BCUT2D eigenvalue weighted by molar-refractivity contribution is -0.123. The van der Waals surface area contributed by atoms with Gasteiger partial charge in [-0.05, 0) is 18.2 Å². The molecule has 1 aliphatic heterocycles. The van der Waals surface area contributed by atoms with Gasteiger partial charge in [-0.15, -0.1) is 0 Å². The van der Waals surface area contributed by atoms with Gasteiger partial charge >= 0.3 is 0 Å². The maximum atomic E-state index is 12.9. The zero-order valence-corrected chi connectivity index (χ0v) is 8.09. The van der Waals surface area contributed by atoms with Crippen LogP contribution in [0.15, 0.2) is 24.3 Å². The second-order valence-electron chi connectivity index (χ2n) is 3.69. The Morgan fingerprint density at radius 3 is 2.73 bits per heavy atom. The Kier molecular flexibility index (Phi) is 2.32. The molecule has 1 aromatic rings. The highest BCUT2D eigenvalue weighted by molar-refractivity contribution is 5.89. The van der Waals surface area contributed by atoms with Crippen LogP contribution in [0.2, 0.25) is 0 Å². The monoisotopic (exact) mass is 209 g/mol. The summed E-state index contributed by atoms with van der Waals surface area (Å²) in [6.45, 7) is 0.942. The zero-order chi connectivity index (χ0) is 10.9. The van der Waals surface area contributed by atoms with Crippen molar-refractivity contribution < 1.29 is 9.18 Å². The van der Waals surface area contributed by atoms with Crippen LogP contribution in [0.25, 0.3) is 0 Å². The molecule has 5 heteroatoms. The number of carbonyl (C=O) groups excluding carboxylic acids is 1. The molecule has 1 aliphatic rings. The number of halogens is 1. The smallest absolute Gasteiger partial charge is 0.245 e. The van der Waals surface area contributed by atoms with Gasteiger partial charge in [-0.25, -0.2) is 4.39 Å². The topological polar surface area (TPSA) is 67.2 Å². The lowest BCUT2D eigenvalue weighted by Gasteiger charge is -2.41. The first kappa shape index (κ1) is 9.92. The summed E-state index contributed by atoms with van der Waals surface area (Å²) < 4.78 is 12.9. The van der Waals surface area contributed by atoms with E-state index in [-0.39, 0.29) is 5.82 Å². The summed E-state index contributed by atoms with van der Waals surface area (Å²) in [7, 11) is 0. The van der Waals surface area contributed by atoms with Crippen LogP contribution >= 0.6 is 0 Å². The second kappa shape index (κ2) is 3.51. The number of nitrogens with one attached hydrogen (secondary N) is 2. The van der Waals surface area contributed by atoms with E-state index < -0.39 is 11.4 Å². The molecule has 15 heavy (non-hydrogen) atoms. The highest BCUT2D eigenvalue weighted by Crippen LogP contribution is 2.19. The van der Waals surface area contributed by atoms with E-state index in [0.717, 1.165) is 0 Å². The van der Waals surface area contributed by atoms with E-state index in [9.17, 15) is 9.18 Å². The van der Waals surface area contributed by atoms with E-state index in [1.807, 2.05) is 0 Å². The van der Waals surface area contributed by atoms with Crippen molar-refractivity contribution in [3.05, 3.63) is 30.1 Å². The molecule has 2 rings (SSSR count). The highest BCUT2D eigenvalue weighted by atomic mass is 19.1. The summed E-state index contributed by atoms with van der Waals surface area (Å²) in [5.41, 5.74) is 5.08. The maximum Gasteiger partial charge on any atom is 0.245 e. The number of amides is 1. The van der Waals surface area contributed by atoms with Gasteiger partial charge in [0.15, 0.2) is 0 Å². The minimum absolute atomic E-state index is 0.341. The van der Waals surface area contributed by atoms with Gasteiger partial charge in [0.2, 0.25) is 5.91 Å². The van der Waals surface area contributed by atoms with Crippen LogP contribution in [-0.2, 0) is 4.79 Å². The molecule has 1 amide bonds. The molecule has 0 bridgehead atoms. The predicted molar refractivity (Wildman–Crippen MR) is 54.8 cm³/mol. The van der Waals surface area contributed by atoms with Crippen LogP contribution in [0.4, 0.5) is 10.1 Å². The minimum Gasteiger partial charge on any atom is -0.369 e. The quantitative estimate of drug-likeness (QED) is 0.659. The van der Waals surface area contributed by atoms with Gasteiger partial charge in [0, 0.05) is 18.8 Å². The van der Waals surface area contributed by atoms with Crippen molar-refractivity contribution in [1.29, 1.82) is 0 Å². The number of benzene rings is 1. The van der Waals surface area contributed by atoms with Gasteiger partial charge in [0.1, 0.15) is 11.4 Å². The van der Waals surface area contributed by atoms with Crippen LogP contribution in [0, 0.1) is 5.82 Å². The molecule has 1 aromatic carbocycles. The van der Waals surface area contributed by atoms with Gasteiger partial charge in [-0.2, -0.15) is 0 Å². The molecule has 0 spiro atoms. The molecule has 1 saturated heterocycles. The van der Waals surface area contributed by atoms with Crippen molar-refractivity contribution in [2.45, 2.75) is 5.54 Å². The summed E-state index contributed by atoms with van der Waals surface area (Å²) in [6, 6.07) is 5.97. The zero-order valence-electron chi connectivity index (χ0n) is 8.09. The molecule has 4 N–H and O–H groups in total. The van der Waals surface area contributed by atoms with Crippen LogP contribution in [0.3, 0.4) is 0 Å². The van der Waals surface area contributed by atoms with E-state index >= 15 is 0 Å². The number of rotatable bonds is 3. The molecule has 0 aliphatic carbocycles. The van der Waals surface area contributed by atoms with Gasteiger partial charge in [0.05, 0.1) is 0 Å². The van der Waals surface area contributed by atoms with Gasteiger partial charge in [-0.1, -0.05) is 6.07 Å². The number of carbonyl (C=O) groups is 1. The number of hydrogen-bond acceptors (Lipinski definition) is 3. The maximum absolute atomic E-state index is 12.9. The standard InChI is InChI=1S/C10H12FN3O/c11-7-2-1-3-8(4-7)14-10(9(12)15)5-13-6-10/h1-4,13-14H,5-6H2,(H2,12,15). The first-order valence-electron chi connectivity index (χ1n) is 4.67. The van der Waals surface area contributed by atoms with Crippen molar-refractivity contribution in [3.8, 4) is 0 Å². The molecule has 1 fully saturated rings. The average Bonchev–Trinajstić information content (AvgIpc) is 2.11. The molecule has 4 nitrogen and oxygen atoms in total. The van der Waals surface area contributed by atoms with E-state index in [1.54, 1.807) is 12.1 Å². The summed E-state index contributed by atoms with van der Waals surface area (Å²) in [5.74, 6) is -0.766. The number of nitrogens with two attached hydrogens (primary N) is 1. The molecule has 80 valence electrons. The van der Waals surface area contributed by atoms with Crippen molar-refractivity contribution in [3.63, 3.8) is 0 Å². The van der Waals surface area contributed by atoms with Gasteiger partial charge in [-0.3, -0.25) is 4.79 Å². The summed E-state index contributed by atoms with van der Waals surface area (Å²) >= 11 is 0. The fourth-order valence-corrected chi connectivity index (χ4v) is 1.54. The Bertz CT molecular complexity index is 390. The lowest BCUT2D eigenvalue weighted by Crippen LogP contribution is -2.70. The molecular weight excluding hydrogens is 197 g/mol. The Morgan fingerprint density at radius 2 is 2.27 bits per heavy atom. The van der Waals surface area contributed by atoms with E-state index in [1.165, 1.54) is 12.1 Å². The normalized spacial score (nSPS) is 17.9. The highest BCUT2D eigenvalue weighted by Gasteiger charge is 2.42. The summed E-state index contributed by atoms with van der Waals surface area (Å²) in [5, 5.41) is 5.92. The first-order valence-corrected chi connectivity index (χ1v) is 4.67. The summed E-state index contributed by atoms with van der Waals surface area (Å²) in [4.78, 5) is 11.2. The number of primary amides is 1. The second-order valence-corrected chi connectivity index (χ2v) is 3.69. The van der Waals surface area contributed by atoms with Crippen molar-refractivity contribution in [2.75, 3.05) is 18.4 Å². The lowest BCUT2D eigenvalue weighted by atomic mass is 9.91. The third-order valence-corrected chi connectivity index (χ3v) is 2.53. The number of hydrogen-bond donors (Lipinski definition) is 3. The largest absolute Gasteiger partial charge is 0.369 e.